The van der Waals surface area contributed by atoms with Gasteiger partial charge >= 0.3 is 0 Å². The summed E-state index contributed by atoms with van der Waals surface area (Å²) in [5.41, 5.74) is 1.41. The lowest BCUT2D eigenvalue weighted by Gasteiger charge is -2.33. The molecule has 1 heterocycles. The van der Waals surface area contributed by atoms with Crippen LogP contribution in [0.25, 0.3) is 0 Å². The van der Waals surface area contributed by atoms with Crippen molar-refractivity contribution in [2.75, 3.05) is 6.54 Å². The first-order chi connectivity index (χ1) is 13.8. The zero-order valence-corrected chi connectivity index (χ0v) is 18.6. The van der Waals surface area contributed by atoms with Gasteiger partial charge in [0.05, 0.1) is 0 Å². The molecule has 0 bridgehead atoms. The summed E-state index contributed by atoms with van der Waals surface area (Å²) in [4.78, 5) is 5.14. The third-order valence-corrected chi connectivity index (χ3v) is 6.01. The Labute approximate surface area is 175 Å². The second-order valence-electron chi connectivity index (χ2n) is 8.50. The Bertz CT molecular complexity index is 510. The Morgan fingerprint density at radius 2 is 1.21 bits per heavy atom. The molecule has 1 atom stereocenters. The molecular formula is C26H44N2. The van der Waals surface area contributed by atoms with Crippen molar-refractivity contribution in [1.82, 2.24) is 9.80 Å². The van der Waals surface area contributed by atoms with Crippen LogP contribution in [0.5, 0.6) is 0 Å². The lowest BCUT2D eigenvalue weighted by atomic mass is 10.0. The lowest BCUT2D eigenvalue weighted by molar-refractivity contribution is 0.132. The maximum absolute atomic E-state index is 2.58. The first-order valence-corrected chi connectivity index (χ1v) is 12.1. The van der Waals surface area contributed by atoms with Crippen molar-refractivity contribution in [2.24, 2.45) is 0 Å². The molecule has 0 amide bonds. The highest BCUT2D eigenvalue weighted by Gasteiger charge is 2.25. The van der Waals surface area contributed by atoms with Crippen LogP contribution in [-0.4, -0.2) is 22.5 Å². The summed E-state index contributed by atoms with van der Waals surface area (Å²) in [5.74, 6) is 0. The fraction of sp³-hybridized carbons (Fsp3) is 0.692. The molecule has 2 nitrogen and oxygen atoms in total. The molecule has 1 aliphatic rings. The van der Waals surface area contributed by atoms with Crippen molar-refractivity contribution in [3.05, 3.63) is 48.3 Å². The van der Waals surface area contributed by atoms with Gasteiger partial charge in [-0.2, -0.15) is 0 Å². The molecule has 0 fully saturated rings. The molecule has 0 N–H and O–H groups in total. The predicted octanol–water partition coefficient (Wildman–Crippen LogP) is 7.71. The highest BCUT2D eigenvalue weighted by molar-refractivity contribution is 5.15. The van der Waals surface area contributed by atoms with E-state index in [0.29, 0.717) is 6.17 Å². The molecule has 28 heavy (non-hydrogen) atoms. The van der Waals surface area contributed by atoms with Gasteiger partial charge in [0.1, 0.15) is 6.17 Å². The van der Waals surface area contributed by atoms with Gasteiger partial charge in [0, 0.05) is 25.5 Å². The second-order valence-corrected chi connectivity index (χ2v) is 8.50. The van der Waals surface area contributed by atoms with Crippen LogP contribution in [-0.2, 0) is 6.54 Å². The van der Waals surface area contributed by atoms with Crippen LogP contribution < -0.4 is 0 Å². The zero-order valence-electron chi connectivity index (χ0n) is 18.6. The quantitative estimate of drug-likeness (QED) is 0.269. The van der Waals surface area contributed by atoms with Crippen molar-refractivity contribution in [3.63, 3.8) is 0 Å². The van der Waals surface area contributed by atoms with E-state index in [2.05, 4.69) is 66.4 Å². The van der Waals surface area contributed by atoms with E-state index in [1.807, 2.05) is 0 Å². The molecule has 0 saturated carbocycles. The van der Waals surface area contributed by atoms with Crippen LogP contribution in [0.3, 0.4) is 0 Å². The Hall–Kier alpha value is -1.44. The van der Waals surface area contributed by atoms with Gasteiger partial charge in [-0.05, 0) is 24.8 Å². The van der Waals surface area contributed by atoms with Crippen molar-refractivity contribution < 1.29 is 0 Å². The molecule has 0 saturated heterocycles. The van der Waals surface area contributed by atoms with Gasteiger partial charge in [-0.25, -0.2) is 0 Å². The van der Waals surface area contributed by atoms with Crippen LogP contribution in [0.1, 0.15) is 103 Å². The Balaban J connectivity index is 1.67. The van der Waals surface area contributed by atoms with E-state index in [1.165, 1.54) is 95.6 Å². The Kier molecular flexibility index (Phi) is 11.9. The number of unbranched alkanes of at least 4 members (excludes halogenated alkanes) is 10. The molecule has 158 valence electrons. The van der Waals surface area contributed by atoms with E-state index >= 15 is 0 Å². The molecule has 0 aromatic heterocycles. The molecule has 0 radical (unpaired) electrons. The van der Waals surface area contributed by atoms with E-state index in [4.69, 9.17) is 0 Å². The van der Waals surface area contributed by atoms with Crippen LogP contribution in [0.2, 0.25) is 0 Å². The normalized spacial score (nSPS) is 16.3. The van der Waals surface area contributed by atoms with E-state index in [9.17, 15) is 0 Å². The number of hydrogen-bond donors (Lipinski definition) is 0. The Morgan fingerprint density at radius 3 is 1.86 bits per heavy atom. The van der Waals surface area contributed by atoms with E-state index in [1.54, 1.807) is 0 Å². The first kappa shape index (κ1) is 22.8. The van der Waals surface area contributed by atoms with Crippen molar-refractivity contribution in [2.45, 2.75) is 110 Å². The van der Waals surface area contributed by atoms with Crippen LogP contribution in [0.15, 0.2) is 42.7 Å². The molecule has 1 aromatic carbocycles. The first-order valence-electron chi connectivity index (χ1n) is 12.1. The number of benzene rings is 1. The minimum Gasteiger partial charge on any atom is -0.356 e. The van der Waals surface area contributed by atoms with E-state index in [-0.39, 0.29) is 0 Å². The average Bonchev–Trinajstić information content (AvgIpc) is 3.10. The molecule has 1 unspecified atom stereocenters. The topological polar surface area (TPSA) is 6.48 Å². The minimum atomic E-state index is 0.556. The van der Waals surface area contributed by atoms with Gasteiger partial charge in [0.2, 0.25) is 0 Å². The monoisotopic (exact) mass is 384 g/mol. The van der Waals surface area contributed by atoms with Gasteiger partial charge in [-0.15, -0.1) is 0 Å². The van der Waals surface area contributed by atoms with Gasteiger partial charge in [0.25, 0.3) is 0 Å². The highest BCUT2D eigenvalue weighted by Crippen LogP contribution is 2.24. The fourth-order valence-electron chi connectivity index (χ4n) is 4.22. The summed E-state index contributed by atoms with van der Waals surface area (Å²) in [6, 6.07) is 10.9. The van der Waals surface area contributed by atoms with Crippen LogP contribution >= 0.6 is 0 Å². The van der Waals surface area contributed by atoms with E-state index < -0.39 is 0 Å². The van der Waals surface area contributed by atoms with Crippen molar-refractivity contribution in [3.8, 4) is 0 Å². The number of nitrogens with zero attached hydrogens (tertiary/aromatic N) is 2. The number of rotatable bonds is 16. The zero-order chi connectivity index (χ0) is 19.9. The standard InChI is InChI=1S/C26H44N2/c1-3-5-7-8-9-10-11-12-13-17-20-26-27(21-6-4-2)22-23-28(26)24-25-18-15-14-16-19-25/h14-16,18-19,22-23,26H,3-13,17,20-21,24H2,1-2H3. The molecular weight excluding hydrogens is 340 g/mol. The molecule has 2 heteroatoms. The molecule has 0 aliphatic carbocycles. The smallest absolute Gasteiger partial charge is 0.101 e. The maximum atomic E-state index is 2.58. The summed E-state index contributed by atoms with van der Waals surface area (Å²) >= 11 is 0. The number of hydrogen-bond acceptors (Lipinski definition) is 2. The fourth-order valence-corrected chi connectivity index (χ4v) is 4.22. The van der Waals surface area contributed by atoms with Crippen molar-refractivity contribution in [1.29, 1.82) is 0 Å². The van der Waals surface area contributed by atoms with Gasteiger partial charge in [0.15, 0.2) is 0 Å². The molecule has 0 spiro atoms. The highest BCUT2D eigenvalue weighted by atomic mass is 15.4. The third-order valence-electron chi connectivity index (χ3n) is 6.01. The summed E-state index contributed by atoms with van der Waals surface area (Å²) < 4.78 is 0. The van der Waals surface area contributed by atoms with E-state index in [0.717, 1.165) is 6.54 Å². The summed E-state index contributed by atoms with van der Waals surface area (Å²) in [7, 11) is 0. The molecule has 1 aliphatic heterocycles. The maximum Gasteiger partial charge on any atom is 0.101 e. The predicted molar refractivity (Wildman–Crippen MR) is 123 cm³/mol. The van der Waals surface area contributed by atoms with Crippen molar-refractivity contribution >= 4 is 0 Å². The van der Waals surface area contributed by atoms with Crippen LogP contribution in [0, 0.1) is 0 Å². The lowest BCUT2D eigenvalue weighted by Crippen LogP contribution is -2.38. The van der Waals surface area contributed by atoms with Gasteiger partial charge < -0.3 is 9.80 Å². The third kappa shape index (κ3) is 8.71. The average molecular weight is 385 g/mol. The van der Waals surface area contributed by atoms with Gasteiger partial charge in [-0.3, -0.25) is 0 Å². The summed E-state index contributed by atoms with van der Waals surface area (Å²) in [5, 5.41) is 0. The Morgan fingerprint density at radius 1 is 0.643 bits per heavy atom. The summed E-state index contributed by atoms with van der Waals surface area (Å²) in [6.45, 7) is 6.81. The largest absolute Gasteiger partial charge is 0.356 e. The minimum absolute atomic E-state index is 0.556. The molecule has 1 aromatic rings. The van der Waals surface area contributed by atoms with Crippen LogP contribution in [0.4, 0.5) is 0 Å². The SMILES string of the molecule is CCCCCCCCCCCCC1N(CCCC)C=CN1Cc1ccccc1. The van der Waals surface area contributed by atoms with Gasteiger partial charge in [-0.1, -0.05) is 108 Å². The molecule has 2 rings (SSSR count). The second kappa shape index (κ2) is 14.5. The summed E-state index contributed by atoms with van der Waals surface area (Å²) in [6.07, 6.45) is 23.2.